The molecule has 0 unspecified atom stereocenters. The van der Waals surface area contributed by atoms with E-state index in [-0.39, 0.29) is 18.9 Å². The molecule has 0 aliphatic heterocycles. The van der Waals surface area contributed by atoms with Crippen molar-refractivity contribution in [1.82, 2.24) is 15.1 Å². The van der Waals surface area contributed by atoms with Gasteiger partial charge in [0.25, 0.3) is 11.7 Å². The Kier molecular flexibility index (Phi) is 7.20. The molecule has 0 saturated carbocycles. The molecule has 0 atom stereocenters. The molecule has 2 N–H and O–H groups in total. The molecule has 0 aliphatic carbocycles. The zero-order valence-electron chi connectivity index (χ0n) is 17.3. The molecule has 0 spiro atoms. The highest BCUT2D eigenvalue weighted by molar-refractivity contribution is 6.43. The fourth-order valence-corrected chi connectivity index (χ4v) is 3.32. The number of anilines is 1. The molecule has 0 fully saturated rings. The van der Waals surface area contributed by atoms with Gasteiger partial charge in [0.2, 0.25) is 5.91 Å². The third-order valence-corrected chi connectivity index (χ3v) is 4.97. The number of ketones is 1. The average Bonchev–Trinajstić information content (AvgIpc) is 3.06. The maximum absolute atomic E-state index is 12.7. The third-order valence-electron chi connectivity index (χ3n) is 4.72. The van der Waals surface area contributed by atoms with Crippen LogP contribution in [-0.2, 0) is 9.59 Å². The molecule has 0 saturated heterocycles. The summed E-state index contributed by atoms with van der Waals surface area (Å²) in [6.45, 7) is 3.67. The Labute approximate surface area is 185 Å². The van der Waals surface area contributed by atoms with Crippen molar-refractivity contribution in [1.29, 1.82) is 0 Å². The van der Waals surface area contributed by atoms with Crippen LogP contribution in [0, 0.1) is 13.8 Å². The van der Waals surface area contributed by atoms with Gasteiger partial charge in [-0.05, 0) is 56.7 Å². The maximum atomic E-state index is 12.7. The van der Waals surface area contributed by atoms with Crippen LogP contribution in [0.4, 0.5) is 5.69 Å². The number of nitrogens with zero attached hydrogens (tertiary/aromatic N) is 2. The van der Waals surface area contributed by atoms with E-state index in [0.29, 0.717) is 34.1 Å². The van der Waals surface area contributed by atoms with Crippen LogP contribution in [0.25, 0.3) is 5.69 Å². The number of halogens is 1. The number of para-hydroxylation sites is 1. The Morgan fingerprint density at radius 3 is 2.35 bits per heavy atom. The van der Waals surface area contributed by atoms with E-state index in [1.54, 1.807) is 42.8 Å². The van der Waals surface area contributed by atoms with Crippen LogP contribution >= 0.6 is 11.6 Å². The molecule has 1 aromatic heterocycles. The Balaban J connectivity index is 1.52. The summed E-state index contributed by atoms with van der Waals surface area (Å²) >= 11 is 5.82. The minimum absolute atomic E-state index is 0.182. The topological polar surface area (TPSA) is 93.1 Å². The third kappa shape index (κ3) is 5.58. The Morgan fingerprint density at radius 1 is 1.00 bits per heavy atom. The Bertz CT molecular complexity index is 1090. The molecule has 0 bridgehead atoms. The van der Waals surface area contributed by atoms with Crippen molar-refractivity contribution in [3.63, 3.8) is 0 Å². The van der Waals surface area contributed by atoms with Gasteiger partial charge in [0.1, 0.15) is 0 Å². The molecule has 160 valence electrons. The molecule has 8 heteroatoms. The fraction of sp³-hybridized carbons (Fsp3) is 0.217. The number of amides is 2. The fourth-order valence-electron chi connectivity index (χ4n) is 3.19. The van der Waals surface area contributed by atoms with Crippen molar-refractivity contribution < 1.29 is 14.4 Å². The second-order valence-corrected chi connectivity index (χ2v) is 7.47. The standard InChI is InChI=1S/C23H23ClN4O3/c1-15-21(16(2)28(27-15)19-7-4-3-5-8-19)22(30)23(31)25-14-6-9-20(29)26-18-12-10-17(24)11-13-18/h3-5,7-8,10-13H,6,9,14H2,1-2H3,(H,25,31)(H,26,29). The van der Waals surface area contributed by atoms with Gasteiger partial charge in [-0.2, -0.15) is 5.10 Å². The van der Waals surface area contributed by atoms with Crippen LogP contribution in [0.2, 0.25) is 5.02 Å². The van der Waals surface area contributed by atoms with Crippen LogP contribution in [0.1, 0.15) is 34.6 Å². The van der Waals surface area contributed by atoms with Gasteiger partial charge in [-0.1, -0.05) is 29.8 Å². The smallest absolute Gasteiger partial charge is 0.292 e. The lowest BCUT2D eigenvalue weighted by Crippen LogP contribution is -2.32. The average molecular weight is 439 g/mol. The zero-order chi connectivity index (χ0) is 22.4. The quantitative estimate of drug-likeness (QED) is 0.317. The first kappa shape index (κ1) is 22.2. The molecule has 2 amide bonds. The van der Waals surface area contributed by atoms with E-state index in [1.807, 2.05) is 30.3 Å². The molecular weight excluding hydrogens is 416 g/mol. The molecular formula is C23H23ClN4O3. The van der Waals surface area contributed by atoms with Gasteiger partial charge in [0, 0.05) is 23.7 Å². The van der Waals surface area contributed by atoms with Gasteiger partial charge in [0.15, 0.2) is 0 Å². The number of aromatic nitrogens is 2. The molecule has 0 aliphatic rings. The van der Waals surface area contributed by atoms with Crippen molar-refractivity contribution in [3.05, 3.63) is 76.6 Å². The predicted molar refractivity (Wildman–Crippen MR) is 120 cm³/mol. The maximum Gasteiger partial charge on any atom is 0.292 e. The highest BCUT2D eigenvalue weighted by atomic mass is 35.5. The van der Waals surface area contributed by atoms with Crippen molar-refractivity contribution in [2.45, 2.75) is 26.7 Å². The van der Waals surface area contributed by atoms with Gasteiger partial charge >= 0.3 is 0 Å². The van der Waals surface area contributed by atoms with E-state index in [0.717, 1.165) is 5.69 Å². The Morgan fingerprint density at radius 2 is 1.68 bits per heavy atom. The lowest BCUT2D eigenvalue weighted by Gasteiger charge is -2.07. The minimum Gasteiger partial charge on any atom is -0.349 e. The van der Waals surface area contributed by atoms with Crippen LogP contribution in [-0.4, -0.2) is 33.9 Å². The van der Waals surface area contributed by atoms with Gasteiger partial charge in [-0.15, -0.1) is 0 Å². The predicted octanol–water partition coefficient (Wildman–Crippen LogP) is 3.86. The van der Waals surface area contributed by atoms with Crippen molar-refractivity contribution in [2.75, 3.05) is 11.9 Å². The van der Waals surface area contributed by atoms with E-state index < -0.39 is 11.7 Å². The number of carbonyl (C=O) groups excluding carboxylic acids is 3. The van der Waals surface area contributed by atoms with Crippen LogP contribution in [0.3, 0.4) is 0 Å². The molecule has 7 nitrogen and oxygen atoms in total. The van der Waals surface area contributed by atoms with E-state index >= 15 is 0 Å². The number of hydrogen-bond acceptors (Lipinski definition) is 4. The lowest BCUT2D eigenvalue weighted by atomic mass is 10.1. The molecule has 3 rings (SSSR count). The summed E-state index contributed by atoms with van der Waals surface area (Å²) in [5.41, 5.74) is 2.85. The van der Waals surface area contributed by atoms with E-state index in [2.05, 4.69) is 15.7 Å². The van der Waals surface area contributed by atoms with Crippen molar-refractivity contribution in [3.8, 4) is 5.69 Å². The SMILES string of the molecule is Cc1nn(-c2ccccc2)c(C)c1C(=O)C(=O)NCCCC(=O)Nc1ccc(Cl)cc1. The molecule has 2 aromatic carbocycles. The summed E-state index contributed by atoms with van der Waals surface area (Å²) in [5, 5.41) is 10.3. The van der Waals surface area contributed by atoms with Gasteiger partial charge in [-0.3, -0.25) is 14.4 Å². The first-order valence-corrected chi connectivity index (χ1v) is 10.2. The highest BCUT2D eigenvalue weighted by Gasteiger charge is 2.24. The summed E-state index contributed by atoms with van der Waals surface area (Å²) in [5.74, 6) is -1.53. The molecule has 31 heavy (non-hydrogen) atoms. The number of carbonyl (C=O) groups is 3. The normalized spacial score (nSPS) is 10.5. The zero-order valence-corrected chi connectivity index (χ0v) is 18.1. The number of aryl methyl sites for hydroxylation is 1. The first-order valence-electron chi connectivity index (χ1n) is 9.86. The number of benzene rings is 2. The Hall–Kier alpha value is -3.45. The van der Waals surface area contributed by atoms with Crippen LogP contribution in [0.15, 0.2) is 54.6 Å². The van der Waals surface area contributed by atoms with Crippen molar-refractivity contribution in [2.24, 2.45) is 0 Å². The summed E-state index contributed by atoms with van der Waals surface area (Å²) in [4.78, 5) is 37.0. The van der Waals surface area contributed by atoms with Crippen LogP contribution in [0.5, 0.6) is 0 Å². The monoisotopic (exact) mass is 438 g/mol. The largest absolute Gasteiger partial charge is 0.349 e. The molecule has 1 heterocycles. The number of rotatable bonds is 8. The molecule has 0 radical (unpaired) electrons. The minimum atomic E-state index is -0.711. The van der Waals surface area contributed by atoms with Crippen LogP contribution < -0.4 is 10.6 Å². The van der Waals surface area contributed by atoms with Gasteiger partial charge < -0.3 is 10.6 Å². The molecule has 3 aromatic rings. The summed E-state index contributed by atoms with van der Waals surface area (Å²) in [6, 6.07) is 16.2. The second kappa shape index (κ2) is 10.0. The van der Waals surface area contributed by atoms with Gasteiger partial charge in [0.05, 0.1) is 22.6 Å². The first-order chi connectivity index (χ1) is 14.9. The highest BCUT2D eigenvalue weighted by Crippen LogP contribution is 2.18. The number of nitrogens with one attached hydrogen (secondary N) is 2. The summed E-state index contributed by atoms with van der Waals surface area (Å²) in [6.07, 6.45) is 0.612. The summed E-state index contributed by atoms with van der Waals surface area (Å²) < 4.78 is 1.65. The second-order valence-electron chi connectivity index (χ2n) is 7.04. The number of hydrogen-bond donors (Lipinski definition) is 2. The number of Topliss-reactive ketones (excluding diaryl/α,β-unsaturated/α-hetero) is 1. The van der Waals surface area contributed by atoms with Gasteiger partial charge in [-0.25, -0.2) is 4.68 Å². The van der Waals surface area contributed by atoms with E-state index in [1.165, 1.54) is 0 Å². The van der Waals surface area contributed by atoms with Crippen molar-refractivity contribution >= 4 is 34.9 Å². The lowest BCUT2D eigenvalue weighted by molar-refractivity contribution is -0.118. The van der Waals surface area contributed by atoms with E-state index in [4.69, 9.17) is 11.6 Å². The summed E-state index contributed by atoms with van der Waals surface area (Å²) in [7, 11) is 0. The van der Waals surface area contributed by atoms with E-state index in [9.17, 15) is 14.4 Å².